The lowest BCUT2D eigenvalue weighted by Crippen LogP contribution is -2.35. The number of piperidine rings is 1. The molecule has 1 fully saturated rings. The van der Waals surface area contributed by atoms with E-state index in [-0.39, 0.29) is 0 Å². The zero-order chi connectivity index (χ0) is 11.5. The van der Waals surface area contributed by atoms with E-state index in [0.717, 1.165) is 24.5 Å². The number of aromatic amines is 1. The van der Waals surface area contributed by atoms with Gasteiger partial charge in [0.15, 0.2) is 0 Å². The van der Waals surface area contributed by atoms with Crippen molar-refractivity contribution in [2.24, 2.45) is 0 Å². The summed E-state index contributed by atoms with van der Waals surface area (Å²) in [6.07, 6.45) is 6.90. The molecule has 1 saturated heterocycles. The van der Waals surface area contributed by atoms with Crippen LogP contribution in [-0.4, -0.2) is 22.6 Å². The number of H-pyrrole nitrogens is 1. The van der Waals surface area contributed by atoms with Gasteiger partial charge in [0.2, 0.25) is 0 Å². The van der Waals surface area contributed by atoms with Gasteiger partial charge in [-0.15, -0.1) is 11.3 Å². The Balaban J connectivity index is 1.68. The normalized spacial score (nSPS) is 20.6. The molecule has 17 heavy (non-hydrogen) atoms. The summed E-state index contributed by atoms with van der Waals surface area (Å²) in [7, 11) is 0. The van der Waals surface area contributed by atoms with Gasteiger partial charge in [0.05, 0.1) is 16.8 Å². The summed E-state index contributed by atoms with van der Waals surface area (Å²) < 4.78 is 0. The molecule has 0 radical (unpaired) electrons. The molecule has 3 heterocycles. The van der Waals surface area contributed by atoms with Gasteiger partial charge in [0.1, 0.15) is 5.82 Å². The van der Waals surface area contributed by atoms with Crippen LogP contribution in [-0.2, 0) is 6.42 Å². The second-order valence-electron chi connectivity index (χ2n) is 4.57. The highest BCUT2D eigenvalue weighted by molar-refractivity contribution is 7.13. The average molecular weight is 247 g/mol. The number of rotatable bonds is 3. The lowest BCUT2D eigenvalue weighted by Gasteiger charge is -2.22. The second kappa shape index (κ2) is 5.02. The average Bonchev–Trinajstić information content (AvgIpc) is 3.00. The van der Waals surface area contributed by atoms with Crippen LogP contribution < -0.4 is 5.32 Å². The van der Waals surface area contributed by atoms with Gasteiger partial charge >= 0.3 is 0 Å². The number of hydrogen-bond donors (Lipinski definition) is 2. The van der Waals surface area contributed by atoms with Gasteiger partial charge in [-0.2, -0.15) is 0 Å². The van der Waals surface area contributed by atoms with Crippen LogP contribution in [0, 0.1) is 0 Å². The molecule has 0 saturated carbocycles. The van der Waals surface area contributed by atoms with E-state index < -0.39 is 0 Å². The summed E-state index contributed by atoms with van der Waals surface area (Å²) in [5, 5.41) is 5.65. The SMILES string of the molecule is c1csc(-c2cnc(CC3CCCCN3)[nH]2)c1. The van der Waals surface area contributed by atoms with Crippen LogP contribution in [0.5, 0.6) is 0 Å². The lowest BCUT2D eigenvalue weighted by molar-refractivity contribution is 0.395. The first kappa shape index (κ1) is 11.0. The molecule has 0 spiro atoms. The van der Waals surface area contributed by atoms with E-state index in [2.05, 4.69) is 32.8 Å². The van der Waals surface area contributed by atoms with Crippen LogP contribution in [0.4, 0.5) is 0 Å². The minimum absolute atomic E-state index is 0.603. The maximum atomic E-state index is 4.48. The van der Waals surface area contributed by atoms with E-state index in [1.54, 1.807) is 11.3 Å². The van der Waals surface area contributed by atoms with Crippen molar-refractivity contribution in [3.63, 3.8) is 0 Å². The molecule has 1 aliphatic rings. The van der Waals surface area contributed by atoms with Gasteiger partial charge < -0.3 is 10.3 Å². The van der Waals surface area contributed by atoms with Crippen molar-refractivity contribution < 1.29 is 0 Å². The summed E-state index contributed by atoms with van der Waals surface area (Å²) >= 11 is 1.75. The van der Waals surface area contributed by atoms with Crippen molar-refractivity contribution in [1.82, 2.24) is 15.3 Å². The van der Waals surface area contributed by atoms with Gasteiger partial charge in [-0.25, -0.2) is 4.98 Å². The van der Waals surface area contributed by atoms with E-state index in [0.29, 0.717) is 6.04 Å². The van der Waals surface area contributed by atoms with E-state index >= 15 is 0 Å². The molecule has 3 nitrogen and oxygen atoms in total. The van der Waals surface area contributed by atoms with Crippen molar-refractivity contribution in [3.05, 3.63) is 29.5 Å². The first-order chi connectivity index (χ1) is 8.42. The zero-order valence-corrected chi connectivity index (χ0v) is 10.6. The Morgan fingerprint density at radius 3 is 3.18 bits per heavy atom. The largest absolute Gasteiger partial charge is 0.341 e. The molecule has 1 atom stereocenters. The summed E-state index contributed by atoms with van der Waals surface area (Å²) in [6, 6.07) is 4.80. The quantitative estimate of drug-likeness (QED) is 0.875. The maximum Gasteiger partial charge on any atom is 0.108 e. The fourth-order valence-corrected chi connectivity index (χ4v) is 3.05. The molecule has 1 aliphatic heterocycles. The fraction of sp³-hybridized carbons (Fsp3) is 0.462. The Morgan fingerprint density at radius 1 is 1.41 bits per heavy atom. The number of hydrogen-bond acceptors (Lipinski definition) is 3. The minimum Gasteiger partial charge on any atom is -0.341 e. The van der Waals surface area contributed by atoms with Crippen molar-refractivity contribution in [2.75, 3.05) is 6.54 Å². The molecule has 1 unspecified atom stereocenters. The molecule has 3 rings (SSSR count). The third kappa shape index (κ3) is 2.58. The van der Waals surface area contributed by atoms with Crippen LogP contribution >= 0.6 is 11.3 Å². The van der Waals surface area contributed by atoms with Crippen LogP contribution in [0.1, 0.15) is 25.1 Å². The molecule has 2 aromatic heterocycles. The standard InChI is InChI=1S/C13H17N3S/c1-2-6-14-10(4-1)8-13-15-9-11(16-13)12-5-3-7-17-12/h3,5,7,9-10,14H,1-2,4,6,8H2,(H,15,16). The second-order valence-corrected chi connectivity index (χ2v) is 5.52. The summed E-state index contributed by atoms with van der Waals surface area (Å²) in [5.74, 6) is 1.10. The highest BCUT2D eigenvalue weighted by atomic mass is 32.1. The van der Waals surface area contributed by atoms with Crippen molar-refractivity contribution in [3.8, 4) is 10.6 Å². The van der Waals surface area contributed by atoms with Crippen molar-refractivity contribution >= 4 is 11.3 Å². The van der Waals surface area contributed by atoms with Crippen molar-refractivity contribution in [1.29, 1.82) is 0 Å². The predicted molar refractivity (Wildman–Crippen MR) is 71.2 cm³/mol. The van der Waals surface area contributed by atoms with Crippen LogP contribution in [0.15, 0.2) is 23.7 Å². The van der Waals surface area contributed by atoms with Crippen LogP contribution in [0.3, 0.4) is 0 Å². The Kier molecular flexibility index (Phi) is 3.25. The summed E-state index contributed by atoms with van der Waals surface area (Å²) in [4.78, 5) is 9.16. The molecule has 90 valence electrons. The highest BCUT2D eigenvalue weighted by Crippen LogP contribution is 2.23. The van der Waals surface area contributed by atoms with E-state index in [9.17, 15) is 0 Å². The smallest absolute Gasteiger partial charge is 0.108 e. The van der Waals surface area contributed by atoms with Gasteiger partial charge in [-0.3, -0.25) is 0 Å². The lowest BCUT2D eigenvalue weighted by atomic mass is 10.0. The van der Waals surface area contributed by atoms with E-state index in [4.69, 9.17) is 0 Å². The number of aromatic nitrogens is 2. The predicted octanol–water partition coefficient (Wildman–Crippen LogP) is 2.82. The molecule has 2 N–H and O–H groups in total. The number of nitrogens with zero attached hydrogens (tertiary/aromatic N) is 1. The Morgan fingerprint density at radius 2 is 2.41 bits per heavy atom. The van der Waals surface area contributed by atoms with E-state index in [1.165, 1.54) is 24.1 Å². The van der Waals surface area contributed by atoms with Crippen LogP contribution in [0.2, 0.25) is 0 Å². The Labute approximate surface area is 105 Å². The molecule has 4 heteroatoms. The molecule has 0 amide bonds. The molecule has 0 aromatic carbocycles. The summed E-state index contributed by atoms with van der Waals surface area (Å²) in [5.41, 5.74) is 1.14. The molecule has 0 bridgehead atoms. The maximum absolute atomic E-state index is 4.48. The van der Waals surface area contributed by atoms with E-state index in [1.807, 2.05) is 6.20 Å². The topological polar surface area (TPSA) is 40.7 Å². The molecular weight excluding hydrogens is 230 g/mol. The first-order valence-electron chi connectivity index (χ1n) is 6.23. The third-order valence-corrected chi connectivity index (χ3v) is 4.17. The van der Waals surface area contributed by atoms with Gasteiger partial charge in [-0.05, 0) is 30.8 Å². The molecule has 0 aliphatic carbocycles. The summed E-state index contributed by atoms with van der Waals surface area (Å²) in [6.45, 7) is 1.16. The Hall–Kier alpha value is -1.13. The first-order valence-corrected chi connectivity index (χ1v) is 7.11. The highest BCUT2D eigenvalue weighted by Gasteiger charge is 2.14. The van der Waals surface area contributed by atoms with Gasteiger partial charge in [-0.1, -0.05) is 12.5 Å². The number of nitrogens with one attached hydrogen (secondary N) is 2. The Bertz CT molecular complexity index is 455. The molecule has 2 aromatic rings. The number of imidazole rings is 1. The zero-order valence-electron chi connectivity index (χ0n) is 9.78. The van der Waals surface area contributed by atoms with Gasteiger partial charge in [0.25, 0.3) is 0 Å². The van der Waals surface area contributed by atoms with Crippen LogP contribution in [0.25, 0.3) is 10.6 Å². The molecular formula is C13H17N3S. The number of thiophene rings is 1. The van der Waals surface area contributed by atoms with Crippen molar-refractivity contribution in [2.45, 2.75) is 31.7 Å². The van der Waals surface area contributed by atoms with Gasteiger partial charge in [0, 0.05) is 12.5 Å². The fourth-order valence-electron chi connectivity index (χ4n) is 2.35. The monoisotopic (exact) mass is 247 g/mol. The third-order valence-electron chi connectivity index (χ3n) is 3.27. The minimum atomic E-state index is 0.603.